The summed E-state index contributed by atoms with van der Waals surface area (Å²) in [5.74, 6) is 1.06. The van der Waals surface area contributed by atoms with Crippen LogP contribution in [0.25, 0.3) is 0 Å². The molecule has 0 amide bonds. The van der Waals surface area contributed by atoms with E-state index < -0.39 is 0 Å². The second-order valence-corrected chi connectivity index (χ2v) is 6.48. The summed E-state index contributed by atoms with van der Waals surface area (Å²) in [6.45, 7) is 4.46. The zero-order valence-electron chi connectivity index (χ0n) is 14.9. The molecule has 0 unspecified atom stereocenters. The van der Waals surface area contributed by atoms with Crippen LogP contribution >= 0.6 is 0 Å². The predicted molar refractivity (Wildman–Crippen MR) is 101 cm³/mol. The SMILES string of the molecule is Nc1cnc(NCCCOc2cc(CN3CCCCC3)ccn2)[nH]c1=O. The minimum absolute atomic E-state index is 0.106. The first-order chi connectivity index (χ1) is 12.7. The van der Waals surface area contributed by atoms with Crippen LogP contribution in [0.5, 0.6) is 5.88 Å². The summed E-state index contributed by atoms with van der Waals surface area (Å²) in [4.78, 5) is 24.7. The summed E-state index contributed by atoms with van der Waals surface area (Å²) in [6, 6.07) is 4.06. The summed E-state index contributed by atoms with van der Waals surface area (Å²) in [6.07, 6.45) is 7.82. The predicted octanol–water partition coefficient (Wildman–Crippen LogP) is 1.61. The van der Waals surface area contributed by atoms with Crippen molar-refractivity contribution in [2.45, 2.75) is 32.2 Å². The van der Waals surface area contributed by atoms with Crippen molar-refractivity contribution < 1.29 is 4.74 Å². The Labute approximate surface area is 152 Å². The van der Waals surface area contributed by atoms with E-state index in [0.717, 1.165) is 13.0 Å². The first kappa shape index (κ1) is 18.2. The van der Waals surface area contributed by atoms with Crippen LogP contribution in [0, 0.1) is 0 Å². The van der Waals surface area contributed by atoms with Gasteiger partial charge in [0, 0.05) is 25.4 Å². The minimum Gasteiger partial charge on any atom is -0.478 e. The number of nitrogens with zero attached hydrogens (tertiary/aromatic N) is 3. The second-order valence-electron chi connectivity index (χ2n) is 6.48. The number of nitrogens with one attached hydrogen (secondary N) is 2. The molecule has 0 saturated carbocycles. The lowest BCUT2D eigenvalue weighted by molar-refractivity contribution is 0.220. The van der Waals surface area contributed by atoms with E-state index in [1.165, 1.54) is 44.1 Å². The Morgan fingerprint density at radius 2 is 2.12 bits per heavy atom. The van der Waals surface area contributed by atoms with E-state index in [1.807, 2.05) is 12.1 Å². The molecule has 8 heteroatoms. The minimum atomic E-state index is -0.339. The number of ether oxygens (including phenoxy) is 1. The van der Waals surface area contributed by atoms with Crippen molar-refractivity contribution in [3.8, 4) is 5.88 Å². The molecule has 26 heavy (non-hydrogen) atoms. The zero-order valence-corrected chi connectivity index (χ0v) is 14.9. The fourth-order valence-corrected chi connectivity index (χ4v) is 2.95. The van der Waals surface area contributed by atoms with Crippen LogP contribution in [-0.4, -0.2) is 46.1 Å². The zero-order chi connectivity index (χ0) is 18.2. The molecule has 3 heterocycles. The van der Waals surface area contributed by atoms with E-state index >= 15 is 0 Å². The average Bonchev–Trinajstić information content (AvgIpc) is 2.65. The smallest absolute Gasteiger partial charge is 0.275 e. The molecule has 1 aliphatic heterocycles. The van der Waals surface area contributed by atoms with Crippen LogP contribution in [0.1, 0.15) is 31.2 Å². The second kappa shape index (κ2) is 9.19. The normalized spacial score (nSPS) is 14.9. The number of aromatic nitrogens is 3. The van der Waals surface area contributed by atoms with Crippen LogP contribution in [0.15, 0.2) is 29.3 Å². The number of anilines is 2. The first-order valence-corrected chi connectivity index (χ1v) is 9.09. The van der Waals surface area contributed by atoms with Gasteiger partial charge in [-0.2, -0.15) is 0 Å². The van der Waals surface area contributed by atoms with Gasteiger partial charge in [-0.05, 0) is 44.0 Å². The van der Waals surface area contributed by atoms with Crippen LogP contribution in [0.4, 0.5) is 11.6 Å². The van der Waals surface area contributed by atoms with Crippen LogP contribution in [0.2, 0.25) is 0 Å². The number of hydrogen-bond acceptors (Lipinski definition) is 7. The third-order valence-corrected chi connectivity index (χ3v) is 4.34. The molecular formula is C18H26N6O2. The van der Waals surface area contributed by atoms with E-state index in [1.54, 1.807) is 6.20 Å². The van der Waals surface area contributed by atoms with Gasteiger partial charge in [-0.15, -0.1) is 0 Å². The van der Waals surface area contributed by atoms with E-state index in [9.17, 15) is 4.79 Å². The fourth-order valence-electron chi connectivity index (χ4n) is 2.95. The highest BCUT2D eigenvalue weighted by molar-refractivity contribution is 5.35. The van der Waals surface area contributed by atoms with Gasteiger partial charge in [-0.25, -0.2) is 9.97 Å². The van der Waals surface area contributed by atoms with Crippen molar-refractivity contribution in [3.05, 3.63) is 40.4 Å². The molecule has 0 aromatic carbocycles. The Morgan fingerprint density at radius 3 is 2.92 bits per heavy atom. The standard InChI is InChI=1S/C18H26N6O2/c19-15-12-22-18(23-17(15)25)21-6-4-10-26-16-11-14(5-7-20-16)13-24-8-2-1-3-9-24/h5,7,11-12H,1-4,6,8-10,13,19H2,(H2,21,22,23,25). The van der Waals surface area contributed by atoms with Crippen molar-refractivity contribution in [3.63, 3.8) is 0 Å². The topological polar surface area (TPSA) is 109 Å². The summed E-state index contributed by atoms with van der Waals surface area (Å²) < 4.78 is 5.73. The molecule has 2 aromatic rings. The molecule has 0 spiro atoms. The lowest BCUT2D eigenvalue weighted by Crippen LogP contribution is -2.29. The number of piperidine rings is 1. The van der Waals surface area contributed by atoms with E-state index in [-0.39, 0.29) is 11.2 Å². The number of likely N-dealkylation sites (tertiary alicyclic amines) is 1. The molecule has 0 aliphatic carbocycles. The van der Waals surface area contributed by atoms with Crippen molar-refractivity contribution in [1.82, 2.24) is 19.9 Å². The Morgan fingerprint density at radius 1 is 1.27 bits per heavy atom. The van der Waals surface area contributed by atoms with E-state index in [0.29, 0.717) is 25.0 Å². The largest absolute Gasteiger partial charge is 0.478 e. The Balaban J connectivity index is 1.39. The third kappa shape index (κ3) is 5.45. The number of H-pyrrole nitrogens is 1. The molecule has 8 nitrogen and oxygen atoms in total. The van der Waals surface area contributed by atoms with Crippen molar-refractivity contribution >= 4 is 11.6 Å². The van der Waals surface area contributed by atoms with E-state index in [2.05, 4.69) is 25.2 Å². The van der Waals surface area contributed by atoms with Crippen LogP contribution in [0.3, 0.4) is 0 Å². The summed E-state index contributed by atoms with van der Waals surface area (Å²) in [5, 5.41) is 3.04. The molecule has 140 valence electrons. The van der Waals surface area contributed by atoms with Crippen LogP contribution in [-0.2, 0) is 6.54 Å². The Hall–Kier alpha value is -2.61. The number of hydrogen-bond donors (Lipinski definition) is 3. The van der Waals surface area contributed by atoms with Gasteiger partial charge in [-0.3, -0.25) is 14.7 Å². The van der Waals surface area contributed by atoms with Gasteiger partial charge in [0.2, 0.25) is 11.8 Å². The Kier molecular flexibility index (Phi) is 6.43. The molecule has 4 N–H and O–H groups in total. The summed E-state index contributed by atoms with van der Waals surface area (Å²) >= 11 is 0. The lowest BCUT2D eigenvalue weighted by atomic mass is 10.1. The quantitative estimate of drug-likeness (QED) is 0.615. The van der Waals surface area contributed by atoms with Gasteiger partial charge < -0.3 is 15.8 Å². The monoisotopic (exact) mass is 358 g/mol. The molecule has 3 rings (SSSR count). The van der Waals surface area contributed by atoms with Gasteiger partial charge in [0.15, 0.2) is 0 Å². The first-order valence-electron chi connectivity index (χ1n) is 9.09. The highest BCUT2D eigenvalue weighted by atomic mass is 16.5. The number of nitrogen functional groups attached to an aromatic ring is 1. The average molecular weight is 358 g/mol. The van der Waals surface area contributed by atoms with Crippen molar-refractivity contribution in [2.24, 2.45) is 0 Å². The van der Waals surface area contributed by atoms with E-state index in [4.69, 9.17) is 10.5 Å². The molecule has 0 radical (unpaired) electrons. The Bertz CT molecular complexity index is 757. The van der Waals surface area contributed by atoms with Crippen LogP contribution < -0.4 is 21.3 Å². The molecule has 1 aliphatic rings. The maximum Gasteiger partial charge on any atom is 0.275 e. The number of pyridine rings is 1. The summed E-state index contributed by atoms with van der Waals surface area (Å²) in [7, 11) is 0. The number of rotatable bonds is 8. The number of nitrogens with two attached hydrogens (primary N) is 1. The molecule has 1 saturated heterocycles. The molecule has 1 fully saturated rings. The molecule has 0 atom stereocenters. The number of aromatic amines is 1. The van der Waals surface area contributed by atoms with Gasteiger partial charge in [0.05, 0.1) is 12.8 Å². The maximum absolute atomic E-state index is 11.4. The van der Waals surface area contributed by atoms with Crippen molar-refractivity contribution in [2.75, 3.05) is 37.3 Å². The highest BCUT2D eigenvalue weighted by Gasteiger charge is 2.10. The van der Waals surface area contributed by atoms with Gasteiger partial charge in [0.1, 0.15) is 5.69 Å². The van der Waals surface area contributed by atoms with Gasteiger partial charge in [0.25, 0.3) is 5.56 Å². The summed E-state index contributed by atoms with van der Waals surface area (Å²) in [5.41, 5.74) is 6.44. The van der Waals surface area contributed by atoms with Gasteiger partial charge >= 0.3 is 0 Å². The molecular weight excluding hydrogens is 332 g/mol. The maximum atomic E-state index is 11.4. The molecule has 2 aromatic heterocycles. The lowest BCUT2D eigenvalue weighted by Gasteiger charge is -2.26. The highest BCUT2D eigenvalue weighted by Crippen LogP contribution is 2.15. The van der Waals surface area contributed by atoms with Gasteiger partial charge in [-0.1, -0.05) is 6.42 Å². The fraction of sp³-hybridized carbons (Fsp3) is 0.500. The molecule has 0 bridgehead atoms. The third-order valence-electron chi connectivity index (χ3n) is 4.34. The van der Waals surface area contributed by atoms with Crippen molar-refractivity contribution in [1.29, 1.82) is 0 Å².